The van der Waals surface area contributed by atoms with Gasteiger partial charge in [-0.05, 0) is 24.6 Å². The second-order valence-corrected chi connectivity index (χ2v) is 8.64. The lowest BCUT2D eigenvalue weighted by atomic mass is 10.0. The molecule has 0 aliphatic carbocycles. The first kappa shape index (κ1) is 24.1. The Morgan fingerprint density at radius 1 is 1.15 bits per heavy atom. The van der Waals surface area contributed by atoms with Gasteiger partial charge in [0, 0.05) is 0 Å². The third kappa shape index (κ3) is 4.03. The largest absolute Gasteiger partial charge is 0.448 e. The van der Waals surface area contributed by atoms with Gasteiger partial charge in [-0.3, -0.25) is 9.69 Å². The first-order valence-electron chi connectivity index (χ1n) is 9.47. The second kappa shape index (κ2) is 8.96. The minimum absolute atomic E-state index is 0.0106. The predicted octanol–water partition coefficient (Wildman–Crippen LogP) is 3.88. The summed E-state index contributed by atoms with van der Waals surface area (Å²) in [6.07, 6.45) is -1.32. The molecule has 2 aromatic carbocycles. The molecule has 0 saturated carbocycles. The molecule has 178 valence electrons. The van der Waals surface area contributed by atoms with Crippen LogP contribution in [0.3, 0.4) is 0 Å². The third-order valence-corrected chi connectivity index (χ3v) is 6.38. The van der Waals surface area contributed by atoms with Crippen LogP contribution in [0.15, 0.2) is 35.1 Å². The maximum Gasteiger partial charge on any atom is 0.361 e. The molecular formula is C21H12F5NO5S2. The molecule has 0 unspecified atom stereocenters. The van der Waals surface area contributed by atoms with Crippen LogP contribution in [0.4, 0.5) is 22.0 Å². The summed E-state index contributed by atoms with van der Waals surface area (Å²) in [7, 11) is 0. The molecule has 4 rings (SSSR count). The molecule has 2 atom stereocenters. The smallest absolute Gasteiger partial charge is 0.361 e. The Morgan fingerprint density at radius 2 is 1.76 bits per heavy atom. The number of hydrogen-bond acceptors (Lipinski definition) is 7. The van der Waals surface area contributed by atoms with Crippen molar-refractivity contribution in [1.82, 2.24) is 4.90 Å². The number of thiocarbonyl (C=S) groups is 1. The Labute approximate surface area is 197 Å². The van der Waals surface area contributed by atoms with Crippen LogP contribution in [0.25, 0.3) is 0 Å². The van der Waals surface area contributed by atoms with Gasteiger partial charge in [-0.15, -0.1) is 0 Å². The number of β-lactam (4-membered cyclic amide) rings is 1. The molecule has 0 aromatic heterocycles. The first-order chi connectivity index (χ1) is 16.0. The summed E-state index contributed by atoms with van der Waals surface area (Å²) in [5.74, 6) is -12.1. The van der Waals surface area contributed by atoms with Crippen LogP contribution in [-0.4, -0.2) is 38.4 Å². The van der Waals surface area contributed by atoms with Gasteiger partial charge >= 0.3 is 5.97 Å². The number of esters is 1. The summed E-state index contributed by atoms with van der Waals surface area (Å²) in [5.41, 5.74) is -1.61. The molecule has 1 N–H and O–H groups in total. The van der Waals surface area contributed by atoms with Gasteiger partial charge < -0.3 is 14.6 Å². The van der Waals surface area contributed by atoms with E-state index in [1.54, 1.807) is 0 Å². The van der Waals surface area contributed by atoms with Crippen LogP contribution in [0.1, 0.15) is 24.5 Å². The van der Waals surface area contributed by atoms with Crippen LogP contribution in [0.2, 0.25) is 0 Å². The highest BCUT2D eigenvalue weighted by atomic mass is 32.2. The number of carbonyl (C=O) groups is 2. The summed E-state index contributed by atoms with van der Waals surface area (Å²) in [4.78, 5) is 24.8. The molecular weight excluding hydrogens is 505 g/mol. The predicted molar refractivity (Wildman–Crippen MR) is 112 cm³/mol. The van der Waals surface area contributed by atoms with E-state index in [9.17, 15) is 36.6 Å². The molecule has 0 spiro atoms. The molecule has 0 bridgehead atoms. The van der Waals surface area contributed by atoms with Gasteiger partial charge in [-0.2, -0.15) is 0 Å². The van der Waals surface area contributed by atoms with Crippen LogP contribution in [0.5, 0.6) is 5.75 Å². The van der Waals surface area contributed by atoms with E-state index in [-0.39, 0.29) is 34.4 Å². The van der Waals surface area contributed by atoms with Crippen molar-refractivity contribution < 1.29 is 46.1 Å². The van der Waals surface area contributed by atoms with E-state index < -0.39 is 57.1 Å². The van der Waals surface area contributed by atoms with Crippen molar-refractivity contribution in [3.63, 3.8) is 0 Å². The fraction of sp³-hybridized carbons (Fsp3) is 0.190. The standard InChI is InChI=1S/C21H12F5NO5S2/c1-7(28)31-20(30)18-21(34-11-6-10(29)27(11)18)32-9-4-2-3-8(5-9)19(33)12-13(22)15(24)17(26)16(25)14(12)23/h2-5,7,11,28H,6H2,1H3/t7-,11-/m1/s1. The van der Waals surface area contributed by atoms with Gasteiger partial charge in [0.15, 0.2) is 40.3 Å². The van der Waals surface area contributed by atoms with Crippen LogP contribution >= 0.6 is 24.0 Å². The van der Waals surface area contributed by atoms with E-state index in [2.05, 4.69) is 0 Å². The molecule has 2 aliphatic heterocycles. The van der Waals surface area contributed by atoms with Crippen molar-refractivity contribution in [2.24, 2.45) is 0 Å². The molecule has 2 aliphatic rings. The number of benzene rings is 2. The monoisotopic (exact) mass is 517 g/mol. The van der Waals surface area contributed by atoms with E-state index in [1.165, 1.54) is 31.2 Å². The maximum absolute atomic E-state index is 14.2. The van der Waals surface area contributed by atoms with Gasteiger partial charge in [0.2, 0.25) is 11.7 Å². The van der Waals surface area contributed by atoms with Gasteiger partial charge in [0.1, 0.15) is 5.75 Å². The van der Waals surface area contributed by atoms with Crippen molar-refractivity contribution >= 4 is 40.7 Å². The number of amides is 1. The van der Waals surface area contributed by atoms with Gasteiger partial charge in [-0.1, -0.05) is 36.1 Å². The van der Waals surface area contributed by atoms with Gasteiger partial charge in [-0.25, -0.2) is 26.7 Å². The van der Waals surface area contributed by atoms with Crippen molar-refractivity contribution in [3.8, 4) is 5.75 Å². The van der Waals surface area contributed by atoms with E-state index in [1.807, 2.05) is 0 Å². The summed E-state index contributed by atoms with van der Waals surface area (Å²) in [6.45, 7) is 1.19. The summed E-state index contributed by atoms with van der Waals surface area (Å²) >= 11 is 6.01. The number of rotatable bonds is 6. The molecule has 1 fully saturated rings. The normalized spacial score (nSPS) is 17.9. The lowest BCUT2D eigenvalue weighted by Gasteiger charge is -2.33. The zero-order chi connectivity index (χ0) is 24.9. The zero-order valence-corrected chi connectivity index (χ0v) is 18.5. The summed E-state index contributed by atoms with van der Waals surface area (Å²) in [6, 6.07) is 5.16. The topological polar surface area (TPSA) is 76.1 Å². The molecule has 13 heteroatoms. The number of thioether (sulfide) groups is 1. The Morgan fingerprint density at radius 3 is 2.35 bits per heavy atom. The molecule has 6 nitrogen and oxygen atoms in total. The molecule has 1 amide bonds. The summed E-state index contributed by atoms with van der Waals surface area (Å²) in [5, 5.41) is 8.87. The van der Waals surface area contributed by atoms with Crippen LogP contribution in [0, 0.1) is 29.1 Å². The van der Waals surface area contributed by atoms with E-state index in [0.29, 0.717) is 0 Å². The van der Waals surface area contributed by atoms with E-state index in [4.69, 9.17) is 21.7 Å². The first-order valence-corrected chi connectivity index (χ1v) is 10.8. The van der Waals surface area contributed by atoms with Gasteiger partial charge in [0.25, 0.3) is 0 Å². The molecule has 2 heterocycles. The van der Waals surface area contributed by atoms with Crippen molar-refractivity contribution in [2.45, 2.75) is 25.0 Å². The average Bonchev–Trinajstić information content (AvgIpc) is 3.08. The lowest BCUT2D eigenvalue weighted by Crippen LogP contribution is -2.48. The number of hydrogen-bond donors (Lipinski definition) is 1. The number of carbonyl (C=O) groups excluding carboxylic acids is 2. The van der Waals surface area contributed by atoms with Crippen molar-refractivity contribution in [1.29, 1.82) is 0 Å². The number of aliphatic hydroxyl groups is 1. The van der Waals surface area contributed by atoms with Gasteiger partial charge in [0.05, 0.1) is 22.2 Å². The van der Waals surface area contributed by atoms with Crippen LogP contribution in [-0.2, 0) is 14.3 Å². The Hall–Kier alpha value is -3.03. The Kier molecular flexibility index (Phi) is 6.36. The Bertz CT molecular complexity index is 1250. The molecule has 2 aromatic rings. The zero-order valence-electron chi connectivity index (χ0n) is 16.9. The highest BCUT2D eigenvalue weighted by Gasteiger charge is 2.50. The van der Waals surface area contributed by atoms with E-state index in [0.717, 1.165) is 16.7 Å². The molecule has 1 saturated heterocycles. The highest BCUT2D eigenvalue weighted by molar-refractivity contribution is 8.03. The quantitative estimate of drug-likeness (QED) is 0.0911. The number of ether oxygens (including phenoxy) is 2. The minimum Gasteiger partial charge on any atom is -0.448 e. The minimum atomic E-state index is -2.31. The summed E-state index contributed by atoms with van der Waals surface area (Å²) < 4.78 is 79.3. The molecule has 34 heavy (non-hydrogen) atoms. The SMILES string of the molecule is C[C@H](O)OC(=O)C1=C(Oc2cccc(C(=S)c3c(F)c(F)c(F)c(F)c3F)c2)S[C@@H]2CC(=O)N12. The number of fused-ring (bicyclic) bond motifs is 1. The van der Waals surface area contributed by atoms with Crippen molar-refractivity contribution in [3.05, 3.63) is 75.3 Å². The fourth-order valence-electron chi connectivity index (χ4n) is 3.25. The molecule has 0 radical (unpaired) electrons. The second-order valence-electron chi connectivity index (χ2n) is 7.08. The average molecular weight is 517 g/mol. The number of halogens is 5. The lowest BCUT2D eigenvalue weighted by molar-refractivity contribution is -0.165. The van der Waals surface area contributed by atoms with E-state index >= 15 is 0 Å². The number of nitrogens with zero attached hydrogens (tertiary/aromatic N) is 1. The highest BCUT2D eigenvalue weighted by Crippen LogP contribution is 2.47. The number of aliphatic hydroxyl groups excluding tert-OH is 1. The van der Waals surface area contributed by atoms with Crippen molar-refractivity contribution in [2.75, 3.05) is 0 Å². The van der Waals surface area contributed by atoms with Crippen LogP contribution < -0.4 is 4.74 Å². The fourth-order valence-corrected chi connectivity index (χ4v) is 4.79. The maximum atomic E-state index is 14.2. The third-order valence-electron chi connectivity index (χ3n) is 4.80. The Balaban J connectivity index is 1.68.